The Hall–Kier alpha value is -2.50. The minimum Gasteiger partial charge on any atom is -0.297 e. The summed E-state index contributed by atoms with van der Waals surface area (Å²) in [4.78, 5) is 31.4. The smallest absolute Gasteiger partial charge is 0.247 e. The second-order valence-electron chi connectivity index (χ2n) is 7.82. The van der Waals surface area contributed by atoms with E-state index in [4.69, 9.17) is 0 Å². The lowest BCUT2D eigenvalue weighted by molar-refractivity contribution is -0.140. The van der Waals surface area contributed by atoms with Crippen LogP contribution in [0.3, 0.4) is 0 Å². The van der Waals surface area contributed by atoms with Gasteiger partial charge in [-0.2, -0.15) is 0 Å². The van der Waals surface area contributed by atoms with Gasteiger partial charge in [-0.15, -0.1) is 0 Å². The van der Waals surface area contributed by atoms with Crippen molar-refractivity contribution < 1.29 is 9.59 Å². The Bertz CT molecular complexity index is 827. The fraction of sp³-hybridized carbons (Fsp3) is 0.391. The van der Waals surface area contributed by atoms with E-state index in [1.807, 2.05) is 37.3 Å². The molecule has 5 heteroatoms. The first-order chi connectivity index (χ1) is 13.6. The van der Waals surface area contributed by atoms with E-state index in [9.17, 15) is 9.59 Å². The van der Waals surface area contributed by atoms with Crippen LogP contribution in [0.4, 0.5) is 0 Å². The molecular weight excluding hydrogens is 350 g/mol. The first kappa shape index (κ1) is 18.8. The summed E-state index contributed by atoms with van der Waals surface area (Å²) in [6.45, 7) is 6.84. The number of rotatable bonds is 5. The molecule has 28 heavy (non-hydrogen) atoms. The van der Waals surface area contributed by atoms with Gasteiger partial charge in [0.1, 0.15) is 0 Å². The first-order valence-electron chi connectivity index (χ1n) is 10.0. The topological polar surface area (TPSA) is 43.9 Å². The number of carbonyl (C=O) groups is 2. The van der Waals surface area contributed by atoms with Gasteiger partial charge in [0.05, 0.1) is 19.0 Å². The summed E-state index contributed by atoms with van der Waals surface area (Å²) in [6.07, 6.45) is 0.309. The van der Waals surface area contributed by atoms with Gasteiger partial charge in [0.15, 0.2) is 0 Å². The summed E-state index contributed by atoms with van der Waals surface area (Å²) in [5.41, 5.74) is 3.49. The van der Waals surface area contributed by atoms with Gasteiger partial charge >= 0.3 is 0 Å². The predicted octanol–water partition coefficient (Wildman–Crippen LogP) is 2.44. The molecule has 2 aromatic carbocycles. The fourth-order valence-electron chi connectivity index (χ4n) is 4.07. The number of nitrogens with zero attached hydrogens (tertiary/aromatic N) is 3. The molecule has 2 aliphatic heterocycles. The van der Waals surface area contributed by atoms with E-state index in [1.165, 1.54) is 16.0 Å². The molecule has 146 valence electrons. The van der Waals surface area contributed by atoms with Crippen LogP contribution in [0.15, 0.2) is 54.6 Å². The van der Waals surface area contributed by atoms with E-state index in [2.05, 4.69) is 34.1 Å². The SMILES string of the molecule is Cc1ccc(CN2C(=O)CC(N3CCN(Cc4ccccc4)CC3)C2=O)cc1. The molecule has 1 atom stereocenters. The summed E-state index contributed by atoms with van der Waals surface area (Å²) >= 11 is 0. The molecule has 0 bridgehead atoms. The molecule has 5 nitrogen and oxygen atoms in total. The molecule has 1 unspecified atom stereocenters. The molecule has 2 saturated heterocycles. The van der Waals surface area contributed by atoms with Crippen molar-refractivity contribution in [1.29, 1.82) is 0 Å². The lowest BCUT2D eigenvalue weighted by atomic mass is 10.1. The molecule has 0 N–H and O–H groups in total. The summed E-state index contributed by atoms with van der Waals surface area (Å²) in [7, 11) is 0. The van der Waals surface area contributed by atoms with Crippen molar-refractivity contribution >= 4 is 11.8 Å². The van der Waals surface area contributed by atoms with Gasteiger partial charge in [-0.1, -0.05) is 60.2 Å². The molecule has 2 fully saturated rings. The maximum absolute atomic E-state index is 12.9. The molecule has 0 spiro atoms. The molecule has 4 rings (SSSR count). The maximum Gasteiger partial charge on any atom is 0.247 e. The quantitative estimate of drug-likeness (QED) is 0.751. The Morgan fingerprint density at radius 2 is 1.46 bits per heavy atom. The average Bonchev–Trinajstić information content (AvgIpc) is 2.99. The van der Waals surface area contributed by atoms with E-state index in [-0.39, 0.29) is 17.9 Å². The normalized spacial score (nSPS) is 21.5. The summed E-state index contributed by atoms with van der Waals surface area (Å²) in [5.74, 6) is -0.0932. The van der Waals surface area contributed by atoms with Crippen LogP contribution in [0.2, 0.25) is 0 Å². The van der Waals surface area contributed by atoms with Crippen LogP contribution in [0, 0.1) is 6.92 Å². The van der Waals surface area contributed by atoms with Crippen LogP contribution in [-0.2, 0) is 22.7 Å². The molecule has 0 aromatic heterocycles. The molecule has 2 aromatic rings. The number of likely N-dealkylation sites (tertiary alicyclic amines) is 1. The van der Waals surface area contributed by atoms with Gasteiger partial charge in [0, 0.05) is 32.7 Å². The third-order valence-electron chi connectivity index (χ3n) is 5.78. The van der Waals surface area contributed by atoms with E-state index in [1.54, 1.807) is 0 Å². The van der Waals surface area contributed by atoms with Crippen molar-refractivity contribution in [3.05, 3.63) is 71.3 Å². The number of hydrogen-bond acceptors (Lipinski definition) is 4. The zero-order valence-corrected chi connectivity index (χ0v) is 16.4. The second kappa shape index (κ2) is 8.25. The van der Waals surface area contributed by atoms with Crippen LogP contribution < -0.4 is 0 Å². The van der Waals surface area contributed by atoms with E-state index in [0.29, 0.717) is 13.0 Å². The van der Waals surface area contributed by atoms with E-state index < -0.39 is 0 Å². The summed E-state index contributed by atoms with van der Waals surface area (Å²) < 4.78 is 0. The average molecular weight is 377 g/mol. The van der Waals surface area contributed by atoms with Crippen molar-refractivity contribution in [3.8, 4) is 0 Å². The third-order valence-corrected chi connectivity index (χ3v) is 5.78. The zero-order valence-electron chi connectivity index (χ0n) is 16.4. The van der Waals surface area contributed by atoms with Crippen molar-refractivity contribution in [2.24, 2.45) is 0 Å². The number of hydrogen-bond donors (Lipinski definition) is 0. The predicted molar refractivity (Wildman–Crippen MR) is 108 cm³/mol. The van der Waals surface area contributed by atoms with Crippen LogP contribution in [0.1, 0.15) is 23.1 Å². The second-order valence-corrected chi connectivity index (χ2v) is 7.82. The summed E-state index contributed by atoms with van der Waals surface area (Å²) in [5, 5.41) is 0. The maximum atomic E-state index is 12.9. The first-order valence-corrected chi connectivity index (χ1v) is 10.0. The van der Waals surface area contributed by atoms with E-state index in [0.717, 1.165) is 38.3 Å². The number of aryl methyl sites for hydroxylation is 1. The summed E-state index contributed by atoms with van der Waals surface area (Å²) in [6, 6.07) is 18.2. The molecule has 0 radical (unpaired) electrons. The zero-order chi connectivity index (χ0) is 19.5. The highest BCUT2D eigenvalue weighted by Gasteiger charge is 2.42. The lowest BCUT2D eigenvalue weighted by Gasteiger charge is -2.37. The van der Waals surface area contributed by atoms with Gasteiger partial charge in [-0.05, 0) is 18.1 Å². The highest BCUT2D eigenvalue weighted by molar-refractivity contribution is 6.05. The Balaban J connectivity index is 1.33. The highest BCUT2D eigenvalue weighted by Crippen LogP contribution is 2.23. The van der Waals surface area contributed by atoms with Gasteiger partial charge in [-0.3, -0.25) is 24.3 Å². The third kappa shape index (κ3) is 4.16. The van der Waals surface area contributed by atoms with Crippen molar-refractivity contribution in [1.82, 2.24) is 14.7 Å². The van der Waals surface area contributed by atoms with Gasteiger partial charge < -0.3 is 0 Å². The number of benzene rings is 2. The Kier molecular flexibility index (Phi) is 5.55. The van der Waals surface area contributed by atoms with Crippen molar-refractivity contribution in [2.75, 3.05) is 26.2 Å². The largest absolute Gasteiger partial charge is 0.297 e. The van der Waals surface area contributed by atoms with Crippen molar-refractivity contribution in [3.63, 3.8) is 0 Å². The van der Waals surface area contributed by atoms with Crippen molar-refractivity contribution in [2.45, 2.75) is 32.5 Å². The monoisotopic (exact) mass is 377 g/mol. The van der Waals surface area contributed by atoms with E-state index >= 15 is 0 Å². The highest BCUT2D eigenvalue weighted by atomic mass is 16.2. The molecule has 2 aliphatic rings. The number of amides is 2. The minimum atomic E-state index is -0.295. The van der Waals surface area contributed by atoms with Gasteiger partial charge in [0.2, 0.25) is 11.8 Å². The molecular formula is C23H27N3O2. The standard InChI is InChI=1S/C23H27N3O2/c1-18-7-9-20(10-8-18)17-26-22(27)15-21(23(26)28)25-13-11-24(12-14-25)16-19-5-3-2-4-6-19/h2-10,21H,11-17H2,1H3. The molecule has 0 aliphatic carbocycles. The Morgan fingerprint density at radius 3 is 2.14 bits per heavy atom. The van der Waals surface area contributed by atoms with Crippen LogP contribution in [0.25, 0.3) is 0 Å². The van der Waals surface area contributed by atoms with Crippen LogP contribution in [0.5, 0.6) is 0 Å². The number of piperazine rings is 1. The minimum absolute atomic E-state index is 0.0397. The van der Waals surface area contributed by atoms with Crippen LogP contribution >= 0.6 is 0 Å². The van der Waals surface area contributed by atoms with Gasteiger partial charge in [-0.25, -0.2) is 0 Å². The molecule has 0 saturated carbocycles. The molecule has 2 heterocycles. The van der Waals surface area contributed by atoms with Gasteiger partial charge in [0.25, 0.3) is 0 Å². The fourth-order valence-corrected chi connectivity index (χ4v) is 4.07. The lowest BCUT2D eigenvalue weighted by Crippen LogP contribution is -2.52. The Labute approximate surface area is 166 Å². The number of carbonyl (C=O) groups excluding carboxylic acids is 2. The Morgan fingerprint density at radius 1 is 0.821 bits per heavy atom. The number of imide groups is 1. The van der Waals surface area contributed by atoms with Crippen LogP contribution in [-0.4, -0.2) is 58.7 Å². The molecule has 2 amide bonds.